The molecule has 578 valence electrons. The van der Waals surface area contributed by atoms with E-state index in [0.717, 1.165) is 22.3 Å². The molecule has 3 rings (SSSR count). The van der Waals surface area contributed by atoms with E-state index in [1.165, 1.54) is 0 Å². The lowest BCUT2D eigenvalue weighted by Gasteiger charge is -2.33. The molecule has 0 unspecified atom stereocenters. The molecule has 6 amide bonds. The molecule has 1 aliphatic rings. The molecule has 2 aromatic carbocycles. The lowest BCUT2D eigenvalue weighted by Crippen LogP contribution is -2.44. The summed E-state index contributed by atoms with van der Waals surface area (Å²) in [5.41, 5.74) is 9.14. The molecule has 0 saturated heterocycles. The van der Waals surface area contributed by atoms with Gasteiger partial charge in [0.1, 0.15) is 46.2 Å². The van der Waals surface area contributed by atoms with E-state index in [9.17, 15) is 33.6 Å². The van der Waals surface area contributed by atoms with Crippen LogP contribution in [0, 0.1) is 79.5 Å². The second-order valence-electron chi connectivity index (χ2n) is 23.8. The van der Waals surface area contributed by atoms with Gasteiger partial charge in [-0.3, -0.25) is 33.6 Å². The molecule has 8 N–H and O–H groups in total. The maximum absolute atomic E-state index is 14.0. The van der Waals surface area contributed by atoms with Crippen molar-refractivity contribution in [3.05, 3.63) is 59.7 Å². The Kier molecular flexibility index (Phi) is 55.5. The molecular weight excluding hydrogens is 1350 g/mol. The zero-order chi connectivity index (χ0) is 76.4. The van der Waals surface area contributed by atoms with Crippen molar-refractivity contribution >= 4 is 41.4 Å². The Morgan fingerprint density at radius 3 is 0.810 bits per heavy atom. The first-order valence-corrected chi connectivity index (χ1v) is 35.5. The first-order valence-electron chi connectivity index (χ1n) is 35.5. The number of hydrogen-bond acceptors (Lipinski definition) is 21. The number of ether oxygens (including phenoxy) is 13. The number of nitrogens with one attached hydrogen (secondary N) is 6. The second-order valence-corrected chi connectivity index (χ2v) is 23.8. The summed E-state index contributed by atoms with van der Waals surface area (Å²) in [5.74, 6) is 12.2. The van der Waals surface area contributed by atoms with Gasteiger partial charge in [-0.25, -0.2) is 0 Å². The Morgan fingerprint density at radius 1 is 0.333 bits per heavy atom. The van der Waals surface area contributed by atoms with E-state index in [1.54, 1.807) is 0 Å². The fourth-order valence-corrected chi connectivity index (χ4v) is 10.4. The van der Waals surface area contributed by atoms with Crippen LogP contribution in [0.5, 0.6) is 0 Å². The average molecular weight is 1470 g/mol. The summed E-state index contributed by atoms with van der Waals surface area (Å²) in [6.45, 7) is 9.08. The highest BCUT2D eigenvalue weighted by molar-refractivity contribution is 5.81. The van der Waals surface area contributed by atoms with Crippen molar-refractivity contribution in [2.75, 3.05) is 204 Å². The van der Waals surface area contributed by atoms with Crippen molar-refractivity contribution in [2.45, 2.75) is 94.9 Å². The number of benzene rings is 2. The predicted octanol–water partition coefficient (Wildman–Crippen LogP) is 2.78. The zero-order valence-corrected chi connectivity index (χ0v) is 61.0. The van der Waals surface area contributed by atoms with Crippen LogP contribution in [-0.4, -0.2) is 251 Å². The van der Waals surface area contributed by atoms with E-state index >= 15 is 0 Å². The van der Waals surface area contributed by atoms with Gasteiger partial charge in [-0.2, -0.15) is 0 Å². The van der Waals surface area contributed by atoms with Gasteiger partial charge in [0.25, 0.3) is 0 Å². The molecule has 0 aromatic heterocycles. The van der Waals surface area contributed by atoms with Crippen molar-refractivity contribution in [1.82, 2.24) is 31.9 Å². The SMILES string of the molecule is C#CCOCCOCCNC(=O)CCC(CCC(=O)NCCOCCOCC#C)(CCC(=O)NCCOCCOCC#C)CC(=O)OCC1c2ccccc2-c2ccccc21.C#CCOCCOCCNC(=O)CCC(N)(CCC(=O)NCCOCCOCC#C)CCC(=O)NCCOCCOCC#C. The van der Waals surface area contributed by atoms with Crippen LogP contribution in [0.25, 0.3) is 11.1 Å². The highest BCUT2D eigenvalue weighted by Gasteiger charge is 2.37. The van der Waals surface area contributed by atoms with Gasteiger partial charge < -0.3 is 99.2 Å². The largest absolute Gasteiger partial charge is 0.465 e. The topological polar surface area (TPSA) is 338 Å². The fraction of sp³-hybridized carbons (Fsp3) is 0.603. The molecule has 0 bridgehead atoms. The predicted molar refractivity (Wildman–Crippen MR) is 395 cm³/mol. The lowest BCUT2D eigenvalue weighted by atomic mass is 9.72. The van der Waals surface area contributed by atoms with Crippen LogP contribution in [0.15, 0.2) is 48.5 Å². The minimum Gasteiger partial charge on any atom is -0.465 e. The molecule has 0 radical (unpaired) electrons. The minimum atomic E-state index is -0.949. The third-order valence-corrected chi connectivity index (χ3v) is 15.8. The Balaban J connectivity index is 0.000000755. The molecule has 27 heteroatoms. The van der Waals surface area contributed by atoms with Gasteiger partial charge in [-0.1, -0.05) is 84.1 Å². The quantitative estimate of drug-likeness (QED) is 0.0284. The number of rotatable bonds is 64. The van der Waals surface area contributed by atoms with Gasteiger partial charge in [-0.15, -0.1) is 38.5 Å². The van der Waals surface area contributed by atoms with Gasteiger partial charge in [0.15, 0.2) is 0 Å². The smallest absolute Gasteiger partial charge is 0.306 e. The number of carbonyl (C=O) groups is 7. The third kappa shape index (κ3) is 48.3. The summed E-state index contributed by atoms with van der Waals surface area (Å²) < 4.78 is 69.6. The zero-order valence-electron chi connectivity index (χ0n) is 61.0. The van der Waals surface area contributed by atoms with Gasteiger partial charge >= 0.3 is 5.97 Å². The first-order chi connectivity index (χ1) is 51.2. The van der Waals surface area contributed by atoms with Crippen LogP contribution in [0.2, 0.25) is 0 Å². The molecule has 0 saturated carbocycles. The Hall–Kier alpha value is -8.43. The van der Waals surface area contributed by atoms with E-state index in [0.29, 0.717) is 138 Å². The lowest BCUT2D eigenvalue weighted by molar-refractivity contribution is -0.148. The summed E-state index contributed by atoms with van der Waals surface area (Å²) in [6, 6.07) is 16.1. The number of carbonyl (C=O) groups excluding carboxylic acids is 7. The van der Waals surface area contributed by atoms with Crippen LogP contribution in [0.3, 0.4) is 0 Å². The number of hydrogen-bond donors (Lipinski definition) is 7. The summed E-state index contributed by atoms with van der Waals surface area (Å²) in [7, 11) is 0. The Labute approximate surface area is 621 Å². The van der Waals surface area contributed by atoms with Crippen molar-refractivity contribution in [3.8, 4) is 85.2 Å². The van der Waals surface area contributed by atoms with E-state index in [-0.39, 0.29) is 191 Å². The number of terminal acetylenes is 6. The molecule has 0 heterocycles. The standard InChI is InChI=1S/C47H61N3O11.C31H50N4O9/c1-4-24-55-30-33-58-27-21-48-43(51)15-18-47(19-16-44(52)49-22-28-59-34-31-56-25-5-2,20-17-45(53)50-23-29-60-35-32-57-26-6-3)36-46(54)61-37-42-40-13-9-7-11-38(40)39-12-8-10-14-41(39)42;1-4-16-39-22-25-42-19-13-33-28(36)7-10-31(32,11-8-29(37)34-14-20-43-26-23-40-17-5-2)12-9-30(38)35-15-21-44-27-24-41-18-6-3/h1-3,7-14,42H,15-37H2,(H,48,51)(H,49,52)(H,50,53);1-3H,7-27,32H2,(H,33,36)(H,34,37)(H,35,38). The maximum Gasteiger partial charge on any atom is 0.306 e. The van der Waals surface area contributed by atoms with Gasteiger partial charge in [0.2, 0.25) is 35.4 Å². The van der Waals surface area contributed by atoms with Gasteiger partial charge in [0, 0.05) is 89.3 Å². The van der Waals surface area contributed by atoms with Crippen molar-refractivity contribution in [2.24, 2.45) is 11.1 Å². The average Bonchev–Trinajstić information content (AvgIpc) is 1.62. The number of fused-ring (bicyclic) bond motifs is 3. The van der Waals surface area contributed by atoms with Crippen molar-refractivity contribution < 1.29 is 95.1 Å². The molecule has 2 aromatic rings. The maximum atomic E-state index is 14.0. The molecule has 0 atom stereocenters. The molecule has 1 aliphatic carbocycles. The first kappa shape index (κ1) is 92.7. The summed E-state index contributed by atoms with van der Waals surface area (Å²) in [5, 5.41) is 16.9. The Bertz CT molecular complexity index is 2770. The molecule has 0 spiro atoms. The van der Waals surface area contributed by atoms with E-state index in [4.69, 9.17) is 106 Å². The highest BCUT2D eigenvalue weighted by atomic mass is 16.6. The van der Waals surface area contributed by atoms with Crippen LogP contribution in [-0.2, 0) is 95.1 Å². The van der Waals surface area contributed by atoms with E-state index < -0.39 is 16.9 Å². The van der Waals surface area contributed by atoms with E-state index in [1.807, 2.05) is 36.4 Å². The number of amides is 6. The molecule has 27 nitrogen and oxygen atoms in total. The van der Waals surface area contributed by atoms with Crippen LogP contribution in [0.1, 0.15) is 101 Å². The van der Waals surface area contributed by atoms with Crippen molar-refractivity contribution in [1.29, 1.82) is 0 Å². The fourth-order valence-electron chi connectivity index (χ4n) is 10.4. The second kappa shape index (κ2) is 62.9. The summed E-state index contributed by atoms with van der Waals surface area (Å²) in [4.78, 5) is 90.7. The monoisotopic (exact) mass is 1470 g/mol. The van der Waals surface area contributed by atoms with Crippen LogP contribution >= 0.6 is 0 Å². The third-order valence-electron chi connectivity index (χ3n) is 15.8. The molecule has 105 heavy (non-hydrogen) atoms. The molecular formula is C78H111N7O20. The minimum absolute atomic E-state index is 0.0380. The summed E-state index contributed by atoms with van der Waals surface area (Å²) in [6.07, 6.45) is 32.8. The number of nitrogens with two attached hydrogens (primary N) is 1. The molecule has 0 fully saturated rings. The summed E-state index contributed by atoms with van der Waals surface area (Å²) >= 11 is 0. The van der Waals surface area contributed by atoms with Crippen molar-refractivity contribution in [3.63, 3.8) is 0 Å². The van der Waals surface area contributed by atoms with Crippen LogP contribution < -0.4 is 37.6 Å². The van der Waals surface area contributed by atoms with Gasteiger partial charge in [0.05, 0.1) is 125 Å². The number of esters is 1. The van der Waals surface area contributed by atoms with Crippen LogP contribution in [0.4, 0.5) is 0 Å². The molecule has 0 aliphatic heterocycles. The van der Waals surface area contributed by atoms with E-state index in [2.05, 4.69) is 79.6 Å². The van der Waals surface area contributed by atoms with Gasteiger partial charge in [-0.05, 0) is 66.2 Å². The highest BCUT2D eigenvalue weighted by Crippen LogP contribution is 2.45. The normalized spacial score (nSPS) is 11.3. The Morgan fingerprint density at radius 2 is 0.562 bits per heavy atom.